The standard InChI is InChI=1S/C21H25NO3/c1-4-17-9-11-19(12-10-17)16(3)22-20(23)14-25-21(24)13-18-7-5-15(2)6-8-18/h5-12,16H,4,13-14H2,1-3H3,(H,22,23)/t16-/m1/s1. The number of carbonyl (C=O) groups excluding carboxylic acids is 2. The Morgan fingerprint density at radius 3 is 2.20 bits per heavy atom. The van der Waals surface area contributed by atoms with Gasteiger partial charge in [0.15, 0.2) is 6.61 Å². The molecule has 0 bridgehead atoms. The van der Waals surface area contributed by atoms with Crippen LogP contribution >= 0.6 is 0 Å². The van der Waals surface area contributed by atoms with Gasteiger partial charge in [0.25, 0.3) is 5.91 Å². The Labute approximate surface area is 149 Å². The number of carbonyl (C=O) groups is 2. The lowest BCUT2D eigenvalue weighted by molar-refractivity contribution is -0.148. The zero-order valence-corrected chi connectivity index (χ0v) is 15.0. The van der Waals surface area contributed by atoms with E-state index in [1.54, 1.807) is 0 Å². The highest BCUT2D eigenvalue weighted by molar-refractivity contribution is 5.81. The van der Waals surface area contributed by atoms with Crippen LogP contribution in [-0.2, 0) is 27.2 Å². The maximum atomic E-state index is 12.0. The number of hydrogen-bond acceptors (Lipinski definition) is 3. The van der Waals surface area contributed by atoms with E-state index in [4.69, 9.17) is 4.74 Å². The molecule has 2 aromatic carbocycles. The highest BCUT2D eigenvalue weighted by Crippen LogP contribution is 2.13. The summed E-state index contributed by atoms with van der Waals surface area (Å²) in [5, 5.41) is 2.84. The second-order valence-corrected chi connectivity index (χ2v) is 6.21. The van der Waals surface area contributed by atoms with Gasteiger partial charge in [-0.15, -0.1) is 0 Å². The van der Waals surface area contributed by atoms with E-state index in [0.29, 0.717) is 0 Å². The summed E-state index contributed by atoms with van der Waals surface area (Å²) in [7, 11) is 0. The molecule has 132 valence electrons. The van der Waals surface area contributed by atoms with Gasteiger partial charge in [-0.2, -0.15) is 0 Å². The quantitative estimate of drug-likeness (QED) is 0.785. The average molecular weight is 339 g/mol. The van der Waals surface area contributed by atoms with Crippen LogP contribution in [0.25, 0.3) is 0 Å². The molecule has 0 aliphatic heterocycles. The summed E-state index contributed by atoms with van der Waals surface area (Å²) in [6.45, 7) is 5.74. The van der Waals surface area contributed by atoms with Gasteiger partial charge in [0.1, 0.15) is 0 Å². The van der Waals surface area contributed by atoms with E-state index in [2.05, 4.69) is 24.4 Å². The molecule has 0 saturated carbocycles. The van der Waals surface area contributed by atoms with E-state index in [1.165, 1.54) is 5.56 Å². The molecule has 0 heterocycles. The molecule has 4 nitrogen and oxygen atoms in total. The highest BCUT2D eigenvalue weighted by atomic mass is 16.5. The minimum Gasteiger partial charge on any atom is -0.455 e. The maximum absolute atomic E-state index is 12.0. The van der Waals surface area contributed by atoms with Crippen molar-refractivity contribution in [3.63, 3.8) is 0 Å². The van der Waals surface area contributed by atoms with Gasteiger partial charge >= 0.3 is 5.97 Å². The fraction of sp³-hybridized carbons (Fsp3) is 0.333. The first-order valence-corrected chi connectivity index (χ1v) is 8.57. The summed E-state index contributed by atoms with van der Waals surface area (Å²) in [5.74, 6) is -0.705. The summed E-state index contributed by atoms with van der Waals surface area (Å²) in [6, 6.07) is 15.7. The van der Waals surface area contributed by atoms with Crippen LogP contribution < -0.4 is 5.32 Å². The fourth-order valence-corrected chi connectivity index (χ4v) is 2.48. The van der Waals surface area contributed by atoms with Crippen LogP contribution in [-0.4, -0.2) is 18.5 Å². The number of esters is 1. The smallest absolute Gasteiger partial charge is 0.310 e. The van der Waals surface area contributed by atoms with Crippen LogP contribution in [0.2, 0.25) is 0 Å². The van der Waals surface area contributed by atoms with E-state index < -0.39 is 5.97 Å². The Bertz CT molecular complexity index is 705. The number of rotatable bonds is 7. The summed E-state index contributed by atoms with van der Waals surface area (Å²) in [4.78, 5) is 23.8. The zero-order valence-electron chi connectivity index (χ0n) is 15.0. The summed E-state index contributed by atoms with van der Waals surface area (Å²) in [6.07, 6.45) is 1.15. The Morgan fingerprint density at radius 1 is 1.00 bits per heavy atom. The van der Waals surface area contributed by atoms with Crippen LogP contribution in [0.4, 0.5) is 0 Å². The average Bonchev–Trinajstić information content (AvgIpc) is 2.62. The lowest BCUT2D eigenvalue weighted by Gasteiger charge is -2.15. The molecule has 0 aliphatic carbocycles. The number of benzene rings is 2. The molecule has 2 rings (SSSR count). The normalized spacial score (nSPS) is 11.6. The number of amides is 1. The molecule has 25 heavy (non-hydrogen) atoms. The van der Waals surface area contributed by atoms with Crippen LogP contribution in [0.1, 0.15) is 42.1 Å². The van der Waals surface area contributed by atoms with Gasteiger partial charge in [0.05, 0.1) is 12.5 Å². The van der Waals surface area contributed by atoms with Gasteiger partial charge in [-0.25, -0.2) is 0 Å². The van der Waals surface area contributed by atoms with Crippen LogP contribution in [0.5, 0.6) is 0 Å². The number of hydrogen-bond donors (Lipinski definition) is 1. The Kier molecular flexibility index (Phi) is 6.75. The topological polar surface area (TPSA) is 55.4 Å². The van der Waals surface area contributed by atoms with Gasteiger partial charge < -0.3 is 10.1 Å². The fourth-order valence-electron chi connectivity index (χ4n) is 2.48. The molecule has 0 radical (unpaired) electrons. The molecule has 2 aromatic rings. The van der Waals surface area contributed by atoms with Gasteiger partial charge in [0.2, 0.25) is 0 Å². The van der Waals surface area contributed by atoms with Crippen LogP contribution in [0.15, 0.2) is 48.5 Å². The van der Waals surface area contributed by atoms with Crippen molar-refractivity contribution >= 4 is 11.9 Å². The van der Waals surface area contributed by atoms with Crippen molar-refractivity contribution in [2.75, 3.05) is 6.61 Å². The maximum Gasteiger partial charge on any atom is 0.310 e. The molecule has 0 aromatic heterocycles. The summed E-state index contributed by atoms with van der Waals surface area (Å²) in [5.41, 5.74) is 4.29. The van der Waals surface area contributed by atoms with Crippen molar-refractivity contribution in [2.24, 2.45) is 0 Å². The third-order valence-electron chi connectivity index (χ3n) is 4.10. The van der Waals surface area contributed by atoms with Gasteiger partial charge in [-0.3, -0.25) is 9.59 Å². The first-order chi connectivity index (χ1) is 12.0. The molecule has 0 fully saturated rings. The minimum atomic E-state index is -0.404. The lowest BCUT2D eigenvalue weighted by atomic mass is 10.1. The van der Waals surface area contributed by atoms with E-state index in [1.807, 2.05) is 50.2 Å². The Balaban J connectivity index is 1.77. The number of aryl methyl sites for hydroxylation is 2. The van der Waals surface area contributed by atoms with Crippen LogP contribution in [0, 0.1) is 6.92 Å². The van der Waals surface area contributed by atoms with Crippen molar-refractivity contribution in [1.29, 1.82) is 0 Å². The molecular formula is C21H25NO3. The monoisotopic (exact) mass is 339 g/mol. The van der Waals surface area contributed by atoms with Gasteiger partial charge in [-0.05, 0) is 37.0 Å². The summed E-state index contributed by atoms with van der Waals surface area (Å²) < 4.78 is 5.06. The third kappa shape index (κ3) is 6.07. The van der Waals surface area contributed by atoms with E-state index >= 15 is 0 Å². The van der Waals surface area contributed by atoms with Crippen molar-refractivity contribution < 1.29 is 14.3 Å². The molecule has 1 atom stereocenters. The van der Waals surface area contributed by atoms with Gasteiger partial charge in [-0.1, -0.05) is 61.0 Å². The van der Waals surface area contributed by atoms with Crippen molar-refractivity contribution in [3.05, 3.63) is 70.8 Å². The second kappa shape index (κ2) is 9.02. The molecule has 0 spiro atoms. The number of ether oxygens (including phenoxy) is 1. The van der Waals surface area contributed by atoms with Crippen molar-refractivity contribution in [1.82, 2.24) is 5.32 Å². The second-order valence-electron chi connectivity index (χ2n) is 6.21. The van der Waals surface area contributed by atoms with Crippen molar-refractivity contribution in [3.8, 4) is 0 Å². The third-order valence-corrected chi connectivity index (χ3v) is 4.10. The largest absolute Gasteiger partial charge is 0.455 e. The molecular weight excluding hydrogens is 314 g/mol. The van der Waals surface area contributed by atoms with Gasteiger partial charge in [0, 0.05) is 0 Å². The first kappa shape index (κ1) is 18.7. The zero-order chi connectivity index (χ0) is 18.2. The SMILES string of the molecule is CCc1ccc([C@@H](C)NC(=O)COC(=O)Cc2ccc(C)cc2)cc1. The van der Waals surface area contributed by atoms with Crippen LogP contribution in [0.3, 0.4) is 0 Å². The molecule has 4 heteroatoms. The lowest BCUT2D eigenvalue weighted by Crippen LogP contribution is -2.31. The van der Waals surface area contributed by atoms with E-state index in [0.717, 1.165) is 23.1 Å². The summed E-state index contributed by atoms with van der Waals surface area (Å²) >= 11 is 0. The molecule has 0 saturated heterocycles. The first-order valence-electron chi connectivity index (χ1n) is 8.57. The molecule has 1 N–H and O–H groups in total. The predicted molar refractivity (Wildman–Crippen MR) is 98.2 cm³/mol. The highest BCUT2D eigenvalue weighted by Gasteiger charge is 2.12. The molecule has 0 unspecified atom stereocenters. The van der Waals surface area contributed by atoms with E-state index in [9.17, 15) is 9.59 Å². The number of nitrogens with one attached hydrogen (secondary N) is 1. The minimum absolute atomic E-state index is 0.130. The predicted octanol–water partition coefficient (Wildman–Crippen LogP) is 3.52. The molecule has 1 amide bonds. The van der Waals surface area contributed by atoms with Crippen molar-refractivity contribution in [2.45, 2.75) is 39.7 Å². The Morgan fingerprint density at radius 2 is 1.60 bits per heavy atom. The molecule has 0 aliphatic rings. The van der Waals surface area contributed by atoms with E-state index in [-0.39, 0.29) is 25.0 Å². The Hall–Kier alpha value is -2.62.